The van der Waals surface area contributed by atoms with Crippen LogP contribution in [0, 0.1) is 13.8 Å². The highest BCUT2D eigenvalue weighted by molar-refractivity contribution is 6.42. The first-order valence-corrected chi connectivity index (χ1v) is 10.9. The number of hydrogen-bond acceptors (Lipinski definition) is 4. The number of nitrogens with zero attached hydrogens (tertiary/aromatic N) is 1. The van der Waals surface area contributed by atoms with Crippen molar-refractivity contribution < 1.29 is 14.3 Å². The molecule has 2 N–H and O–H groups in total. The smallest absolute Gasteiger partial charge is 0.249 e. The van der Waals surface area contributed by atoms with Gasteiger partial charge in [0.1, 0.15) is 18.8 Å². The van der Waals surface area contributed by atoms with Gasteiger partial charge in [0.2, 0.25) is 11.8 Å². The lowest BCUT2D eigenvalue weighted by molar-refractivity contribution is -0.126. The van der Waals surface area contributed by atoms with Crippen LogP contribution in [0.4, 0.5) is 5.69 Å². The zero-order chi connectivity index (χ0) is 23.8. The van der Waals surface area contributed by atoms with Crippen LogP contribution in [0.5, 0.6) is 5.75 Å². The number of carbonyl (C=O) groups excluding carboxylic acids is 2. The molecule has 0 radical (unpaired) electrons. The Bertz CT molecular complexity index is 1200. The number of amides is 2. The van der Waals surface area contributed by atoms with Crippen LogP contribution in [0.1, 0.15) is 28.7 Å². The van der Waals surface area contributed by atoms with Gasteiger partial charge in [0.05, 0.1) is 16.3 Å². The zero-order valence-electron chi connectivity index (χ0n) is 18.2. The number of carbonyl (C=O) groups is 2. The largest absolute Gasteiger partial charge is 0.488 e. The van der Waals surface area contributed by atoms with E-state index in [-0.39, 0.29) is 13.0 Å². The topological polar surface area (TPSA) is 79.8 Å². The van der Waals surface area contributed by atoms with Gasteiger partial charge in [-0.05, 0) is 55.3 Å². The Morgan fingerprint density at radius 3 is 2.52 bits per heavy atom. The lowest BCUT2D eigenvalue weighted by Crippen LogP contribution is -2.24. The first-order chi connectivity index (χ1) is 15.8. The number of para-hydroxylation sites is 1. The fourth-order valence-electron chi connectivity index (χ4n) is 3.02. The molecule has 0 aromatic heterocycles. The Labute approximate surface area is 202 Å². The molecule has 0 aliphatic heterocycles. The molecule has 3 aromatic rings. The number of hydrazone groups is 1. The maximum absolute atomic E-state index is 12.2. The summed E-state index contributed by atoms with van der Waals surface area (Å²) in [7, 11) is 0. The van der Waals surface area contributed by atoms with E-state index in [2.05, 4.69) is 15.8 Å². The normalized spacial score (nSPS) is 10.8. The van der Waals surface area contributed by atoms with E-state index in [1.165, 1.54) is 6.21 Å². The van der Waals surface area contributed by atoms with Crippen LogP contribution >= 0.6 is 23.2 Å². The molecule has 3 rings (SSSR count). The number of ether oxygens (including phenoxy) is 1. The third-order valence-corrected chi connectivity index (χ3v) is 5.41. The summed E-state index contributed by atoms with van der Waals surface area (Å²) in [6.45, 7) is 4.15. The van der Waals surface area contributed by atoms with E-state index in [9.17, 15) is 9.59 Å². The summed E-state index contributed by atoms with van der Waals surface area (Å²) < 4.78 is 5.86. The van der Waals surface area contributed by atoms with Crippen molar-refractivity contribution in [2.45, 2.75) is 26.9 Å². The van der Waals surface area contributed by atoms with Gasteiger partial charge in [0.15, 0.2) is 0 Å². The van der Waals surface area contributed by atoms with Crippen molar-refractivity contribution in [1.29, 1.82) is 0 Å². The summed E-state index contributed by atoms with van der Waals surface area (Å²) in [5, 5.41) is 7.62. The van der Waals surface area contributed by atoms with Crippen molar-refractivity contribution in [3.8, 4) is 5.75 Å². The molecule has 0 aliphatic carbocycles. The predicted octanol–water partition coefficient (Wildman–Crippen LogP) is 5.67. The highest BCUT2D eigenvalue weighted by atomic mass is 35.5. The van der Waals surface area contributed by atoms with Gasteiger partial charge in [0, 0.05) is 11.3 Å². The Morgan fingerprint density at radius 2 is 1.76 bits per heavy atom. The Hall–Kier alpha value is -3.35. The van der Waals surface area contributed by atoms with Crippen LogP contribution in [0.3, 0.4) is 0 Å². The minimum atomic E-state index is -0.525. The number of anilines is 1. The SMILES string of the molecule is Cc1ccc(NC(=O)CC(=O)NN=Cc2ccccc2OCc2ccc(Cl)c(Cl)c2)c(C)c1. The number of aryl methyl sites for hydroxylation is 2. The van der Waals surface area contributed by atoms with Gasteiger partial charge in [-0.3, -0.25) is 9.59 Å². The summed E-state index contributed by atoms with van der Waals surface area (Å²) in [4.78, 5) is 24.2. The van der Waals surface area contributed by atoms with E-state index in [0.717, 1.165) is 16.7 Å². The zero-order valence-corrected chi connectivity index (χ0v) is 19.7. The molecule has 0 unspecified atom stereocenters. The summed E-state index contributed by atoms with van der Waals surface area (Å²) in [6.07, 6.45) is 1.12. The molecule has 0 saturated heterocycles. The van der Waals surface area contributed by atoms with Crippen molar-refractivity contribution in [3.63, 3.8) is 0 Å². The molecular formula is C25H23Cl2N3O3. The molecule has 170 valence electrons. The molecule has 0 saturated carbocycles. The minimum Gasteiger partial charge on any atom is -0.488 e. The number of benzene rings is 3. The fourth-order valence-corrected chi connectivity index (χ4v) is 3.34. The second-order valence-corrected chi connectivity index (χ2v) is 8.23. The average molecular weight is 484 g/mol. The second kappa shape index (κ2) is 11.5. The highest BCUT2D eigenvalue weighted by Gasteiger charge is 2.10. The predicted molar refractivity (Wildman–Crippen MR) is 132 cm³/mol. The van der Waals surface area contributed by atoms with Crippen molar-refractivity contribution in [2.24, 2.45) is 5.10 Å². The van der Waals surface area contributed by atoms with Gasteiger partial charge in [-0.25, -0.2) is 5.43 Å². The van der Waals surface area contributed by atoms with Crippen LogP contribution in [0.25, 0.3) is 0 Å². The van der Waals surface area contributed by atoms with Crippen molar-refractivity contribution in [2.75, 3.05) is 5.32 Å². The van der Waals surface area contributed by atoms with Gasteiger partial charge < -0.3 is 10.1 Å². The standard InChI is InChI=1S/C25H23Cl2N3O3/c1-16-7-10-22(17(2)11-16)29-24(31)13-25(32)30-28-14-19-5-3-4-6-23(19)33-15-18-8-9-20(26)21(27)12-18/h3-12,14H,13,15H2,1-2H3,(H,29,31)(H,30,32). The van der Waals surface area contributed by atoms with E-state index in [1.807, 2.05) is 50.2 Å². The van der Waals surface area contributed by atoms with E-state index >= 15 is 0 Å². The minimum absolute atomic E-state index is 0.284. The Balaban J connectivity index is 1.53. The first kappa shape index (κ1) is 24.3. The van der Waals surface area contributed by atoms with E-state index in [1.54, 1.807) is 24.3 Å². The lowest BCUT2D eigenvalue weighted by atomic mass is 10.1. The molecular weight excluding hydrogens is 461 g/mol. The lowest BCUT2D eigenvalue weighted by Gasteiger charge is -2.10. The maximum Gasteiger partial charge on any atom is 0.249 e. The molecule has 33 heavy (non-hydrogen) atoms. The van der Waals surface area contributed by atoms with Crippen LogP contribution < -0.4 is 15.5 Å². The van der Waals surface area contributed by atoms with Crippen LogP contribution in [0.15, 0.2) is 65.8 Å². The molecule has 8 heteroatoms. The maximum atomic E-state index is 12.2. The summed E-state index contributed by atoms with van der Waals surface area (Å²) in [5.41, 5.74) is 6.60. The van der Waals surface area contributed by atoms with E-state index in [0.29, 0.717) is 27.0 Å². The van der Waals surface area contributed by atoms with Gasteiger partial charge in [-0.2, -0.15) is 5.10 Å². The molecule has 3 aromatic carbocycles. The van der Waals surface area contributed by atoms with Crippen molar-refractivity contribution in [1.82, 2.24) is 5.43 Å². The number of hydrogen-bond donors (Lipinski definition) is 2. The van der Waals surface area contributed by atoms with Crippen molar-refractivity contribution >= 4 is 46.9 Å². The van der Waals surface area contributed by atoms with Gasteiger partial charge in [-0.15, -0.1) is 0 Å². The van der Waals surface area contributed by atoms with Gasteiger partial charge >= 0.3 is 0 Å². The Morgan fingerprint density at radius 1 is 0.970 bits per heavy atom. The van der Waals surface area contributed by atoms with E-state index < -0.39 is 11.8 Å². The third kappa shape index (κ3) is 7.34. The molecule has 0 spiro atoms. The summed E-state index contributed by atoms with van der Waals surface area (Å²) in [5.74, 6) is -0.364. The summed E-state index contributed by atoms with van der Waals surface area (Å²) >= 11 is 12.0. The van der Waals surface area contributed by atoms with E-state index in [4.69, 9.17) is 27.9 Å². The van der Waals surface area contributed by atoms with Gasteiger partial charge in [0.25, 0.3) is 0 Å². The van der Waals surface area contributed by atoms with Gasteiger partial charge in [-0.1, -0.05) is 59.1 Å². The average Bonchev–Trinajstić information content (AvgIpc) is 2.77. The molecule has 0 heterocycles. The van der Waals surface area contributed by atoms with Crippen LogP contribution in [-0.2, 0) is 16.2 Å². The fraction of sp³-hybridized carbons (Fsp3) is 0.160. The molecule has 2 amide bonds. The molecule has 6 nitrogen and oxygen atoms in total. The second-order valence-electron chi connectivity index (χ2n) is 7.41. The quantitative estimate of drug-likeness (QED) is 0.246. The third-order valence-electron chi connectivity index (χ3n) is 4.67. The van der Waals surface area contributed by atoms with Crippen LogP contribution in [-0.4, -0.2) is 18.0 Å². The summed E-state index contributed by atoms with van der Waals surface area (Å²) in [6, 6.07) is 18.2. The molecule has 0 bridgehead atoms. The van der Waals surface area contributed by atoms with Crippen LogP contribution in [0.2, 0.25) is 10.0 Å². The highest BCUT2D eigenvalue weighted by Crippen LogP contribution is 2.24. The first-order valence-electron chi connectivity index (χ1n) is 10.2. The molecule has 0 fully saturated rings. The monoisotopic (exact) mass is 483 g/mol. The molecule has 0 atom stereocenters. The molecule has 0 aliphatic rings. The number of halogens is 2. The number of nitrogens with one attached hydrogen (secondary N) is 2. The van der Waals surface area contributed by atoms with Crippen molar-refractivity contribution in [3.05, 3.63) is 93.0 Å². The number of rotatable bonds is 8. The Kier molecular flexibility index (Phi) is 8.46.